The largest absolute Gasteiger partial charge is 0.349 e. The predicted octanol–water partition coefficient (Wildman–Crippen LogP) is 2.52. The molecule has 2 aliphatic rings. The van der Waals surface area contributed by atoms with Crippen LogP contribution in [0.3, 0.4) is 0 Å². The Morgan fingerprint density at radius 1 is 0.923 bits per heavy atom. The molecule has 1 aliphatic heterocycles. The van der Waals surface area contributed by atoms with Gasteiger partial charge in [-0.05, 0) is 42.7 Å². The van der Waals surface area contributed by atoms with Crippen LogP contribution in [0.5, 0.6) is 0 Å². The summed E-state index contributed by atoms with van der Waals surface area (Å²) in [6, 6.07) is 13.2. The van der Waals surface area contributed by atoms with Gasteiger partial charge in [0, 0.05) is 55.7 Å². The number of amides is 3. The molecule has 3 N–H and O–H groups in total. The molecule has 2 aromatic carbocycles. The van der Waals surface area contributed by atoms with Crippen LogP contribution in [-0.2, 0) is 4.79 Å². The topological polar surface area (TPSA) is 128 Å². The first-order valence-electron chi connectivity index (χ1n) is 12.6. The SMILES string of the molecule is O=C(NC1CC1)C(=Cc1ccc(C(=O)N2CCN(c3ncc(C(=O)NO)cn3)CC2)cc1)c1ccccc1F. The number of benzene rings is 2. The maximum atomic E-state index is 14.5. The van der Waals surface area contributed by atoms with Gasteiger partial charge in [-0.15, -0.1) is 0 Å². The zero-order chi connectivity index (χ0) is 27.4. The smallest absolute Gasteiger partial charge is 0.277 e. The monoisotopic (exact) mass is 530 g/mol. The minimum Gasteiger partial charge on any atom is -0.349 e. The van der Waals surface area contributed by atoms with E-state index in [0.717, 1.165) is 12.8 Å². The van der Waals surface area contributed by atoms with Crippen molar-refractivity contribution in [3.05, 3.63) is 89.0 Å². The van der Waals surface area contributed by atoms with E-state index in [1.54, 1.807) is 53.4 Å². The minimum atomic E-state index is -0.691. The highest BCUT2D eigenvalue weighted by atomic mass is 19.1. The van der Waals surface area contributed by atoms with Crippen molar-refractivity contribution in [2.45, 2.75) is 18.9 Å². The fourth-order valence-corrected chi connectivity index (χ4v) is 4.28. The molecular formula is C28H27FN6O4. The second kappa shape index (κ2) is 11.4. The Morgan fingerprint density at radius 3 is 2.21 bits per heavy atom. The summed E-state index contributed by atoms with van der Waals surface area (Å²) in [4.78, 5) is 49.4. The molecule has 39 heavy (non-hydrogen) atoms. The van der Waals surface area contributed by atoms with Crippen molar-refractivity contribution in [2.24, 2.45) is 0 Å². The Hall–Kier alpha value is -4.64. The highest BCUT2D eigenvalue weighted by molar-refractivity contribution is 6.24. The van der Waals surface area contributed by atoms with Crippen molar-refractivity contribution in [3.8, 4) is 0 Å². The summed E-state index contributed by atoms with van der Waals surface area (Å²) in [5, 5.41) is 11.6. The summed E-state index contributed by atoms with van der Waals surface area (Å²) in [7, 11) is 0. The van der Waals surface area contributed by atoms with Crippen LogP contribution < -0.4 is 15.7 Å². The molecule has 1 saturated heterocycles. The Balaban J connectivity index is 1.25. The number of hydrogen-bond donors (Lipinski definition) is 3. The van der Waals surface area contributed by atoms with Gasteiger partial charge >= 0.3 is 0 Å². The first-order chi connectivity index (χ1) is 18.9. The van der Waals surface area contributed by atoms with Gasteiger partial charge < -0.3 is 15.1 Å². The van der Waals surface area contributed by atoms with E-state index in [1.807, 2.05) is 4.90 Å². The summed E-state index contributed by atoms with van der Waals surface area (Å²) in [5.74, 6) is -1.18. The number of halogens is 1. The van der Waals surface area contributed by atoms with Gasteiger partial charge in [-0.1, -0.05) is 30.3 Å². The Morgan fingerprint density at radius 2 is 1.59 bits per heavy atom. The quantitative estimate of drug-likeness (QED) is 0.185. The summed E-state index contributed by atoms with van der Waals surface area (Å²) in [6.45, 7) is 1.95. The Labute approximate surface area is 224 Å². The van der Waals surface area contributed by atoms with Crippen molar-refractivity contribution in [1.29, 1.82) is 0 Å². The third-order valence-electron chi connectivity index (χ3n) is 6.64. The van der Waals surface area contributed by atoms with Gasteiger partial charge in [0.15, 0.2) is 0 Å². The fourth-order valence-electron chi connectivity index (χ4n) is 4.28. The highest BCUT2D eigenvalue weighted by Crippen LogP contribution is 2.25. The van der Waals surface area contributed by atoms with Crippen molar-refractivity contribution in [3.63, 3.8) is 0 Å². The van der Waals surface area contributed by atoms with E-state index in [-0.39, 0.29) is 34.6 Å². The van der Waals surface area contributed by atoms with Crippen molar-refractivity contribution < 1.29 is 24.0 Å². The van der Waals surface area contributed by atoms with Crippen molar-refractivity contribution in [1.82, 2.24) is 25.7 Å². The lowest BCUT2D eigenvalue weighted by atomic mass is 10.0. The molecule has 1 aliphatic carbocycles. The maximum absolute atomic E-state index is 14.5. The van der Waals surface area contributed by atoms with Crippen LogP contribution in [0.1, 0.15) is 44.7 Å². The van der Waals surface area contributed by atoms with E-state index >= 15 is 0 Å². The predicted molar refractivity (Wildman–Crippen MR) is 141 cm³/mol. The Kier molecular flexibility index (Phi) is 7.60. The van der Waals surface area contributed by atoms with E-state index in [4.69, 9.17) is 5.21 Å². The number of nitrogens with one attached hydrogen (secondary N) is 2. The Bertz CT molecular complexity index is 1400. The molecule has 0 atom stereocenters. The van der Waals surface area contributed by atoms with Crippen LogP contribution in [0.25, 0.3) is 11.6 Å². The molecule has 5 rings (SSSR count). The first-order valence-corrected chi connectivity index (χ1v) is 12.6. The van der Waals surface area contributed by atoms with Gasteiger partial charge in [0.05, 0.1) is 11.1 Å². The molecule has 2 fully saturated rings. The second-order valence-electron chi connectivity index (χ2n) is 9.40. The lowest BCUT2D eigenvalue weighted by molar-refractivity contribution is -0.115. The summed E-state index contributed by atoms with van der Waals surface area (Å²) in [6.07, 6.45) is 6.13. The second-order valence-corrected chi connectivity index (χ2v) is 9.40. The molecule has 0 radical (unpaired) electrons. The zero-order valence-electron chi connectivity index (χ0n) is 21.0. The van der Waals surface area contributed by atoms with E-state index < -0.39 is 11.7 Å². The number of hydroxylamine groups is 1. The number of hydrogen-bond acceptors (Lipinski definition) is 7. The van der Waals surface area contributed by atoms with Crippen LogP contribution in [0.4, 0.5) is 10.3 Å². The number of nitrogens with zero attached hydrogens (tertiary/aromatic N) is 4. The molecule has 0 spiro atoms. The van der Waals surface area contributed by atoms with Crippen molar-refractivity contribution in [2.75, 3.05) is 31.1 Å². The van der Waals surface area contributed by atoms with E-state index in [9.17, 15) is 18.8 Å². The third kappa shape index (κ3) is 6.10. The molecule has 0 bridgehead atoms. The van der Waals surface area contributed by atoms with Crippen LogP contribution >= 0.6 is 0 Å². The average molecular weight is 531 g/mol. The maximum Gasteiger partial charge on any atom is 0.277 e. The molecule has 0 unspecified atom stereocenters. The first kappa shape index (κ1) is 26.0. The van der Waals surface area contributed by atoms with Crippen LogP contribution in [0, 0.1) is 5.82 Å². The van der Waals surface area contributed by atoms with Gasteiger partial charge in [-0.3, -0.25) is 19.6 Å². The van der Waals surface area contributed by atoms with Gasteiger partial charge in [0.1, 0.15) is 5.82 Å². The molecule has 2 heterocycles. The van der Waals surface area contributed by atoms with Crippen LogP contribution in [-0.4, -0.2) is 70.0 Å². The number of anilines is 1. The number of carbonyl (C=O) groups is 3. The lowest BCUT2D eigenvalue weighted by Crippen LogP contribution is -2.49. The molecule has 11 heteroatoms. The third-order valence-corrected chi connectivity index (χ3v) is 6.64. The number of piperazine rings is 1. The summed E-state index contributed by atoms with van der Waals surface area (Å²) < 4.78 is 14.5. The van der Waals surface area contributed by atoms with Gasteiger partial charge in [-0.2, -0.15) is 0 Å². The summed E-state index contributed by atoms with van der Waals surface area (Å²) >= 11 is 0. The standard InChI is InChI=1S/C28H27FN6O4/c29-24-4-2-1-3-22(24)23(26(37)32-21-9-10-21)15-18-5-7-19(8-6-18)27(38)34-11-13-35(14-12-34)28-30-16-20(17-31-28)25(36)33-39/h1-8,15-17,21,39H,9-14H2,(H,32,37)(H,33,36). The molecule has 3 aromatic rings. The number of rotatable bonds is 7. The molecular weight excluding hydrogens is 503 g/mol. The molecule has 1 aromatic heterocycles. The van der Waals surface area contributed by atoms with Gasteiger partial charge in [-0.25, -0.2) is 19.8 Å². The normalized spacial score (nSPS) is 15.6. The van der Waals surface area contributed by atoms with E-state index in [2.05, 4.69) is 15.3 Å². The van der Waals surface area contributed by atoms with Crippen molar-refractivity contribution >= 4 is 35.3 Å². The van der Waals surface area contributed by atoms with E-state index in [0.29, 0.717) is 43.3 Å². The lowest BCUT2D eigenvalue weighted by Gasteiger charge is -2.34. The average Bonchev–Trinajstić information content (AvgIpc) is 3.80. The fraction of sp³-hybridized carbons (Fsp3) is 0.250. The molecule has 3 amide bonds. The van der Waals surface area contributed by atoms with E-state index in [1.165, 1.54) is 23.9 Å². The van der Waals surface area contributed by atoms with Crippen LogP contribution in [0.2, 0.25) is 0 Å². The minimum absolute atomic E-state index is 0.123. The van der Waals surface area contributed by atoms with Gasteiger partial charge in [0.2, 0.25) is 5.95 Å². The number of carbonyl (C=O) groups excluding carboxylic acids is 3. The summed E-state index contributed by atoms with van der Waals surface area (Å²) in [5.41, 5.74) is 3.32. The molecule has 1 saturated carbocycles. The van der Waals surface area contributed by atoms with Crippen LogP contribution in [0.15, 0.2) is 60.9 Å². The van der Waals surface area contributed by atoms with Gasteiger partial charge in [0.25, 0.3) is 17.7 Å². The highest BCUT2D eigenvalue weighted by Gasteiger charge is 2.27. The molecule has 10 nitrogen and oxygen atoms in total. The number of aromatic nitrogens is 2. The molecule has 200 valence electrons. The zero-order valence-corrected chi connectivity index (χ0v) is 21.0.